The summed E-state index contributed by atoms with van der Waals surface area (Å²) in [6.45, 7) is 0. The van der Waals surface area contributed by atoms with E-state index in [1.165, 1.54) is 11.8 Å². The first kappa shape index (κ1) is 17.6. The zero-order valence-corrected chi connectivity index (χ0v) is 15.8. The number of benzene rings is 2. The summed E-state index contributed by atoms with van der Waals surface area (Å²) in [5.74, 6) is 2.29. The molecule has 2 aromatic carbocycles. The molecule has 0 bridgehead atoms. The Balaban J connectivity index is 1.47. The number of halogens is 1. The van der Waals surface area contributed by atoms with Crippen LogP contribution in [0.25, 0.3) is 17.1 Å². The predicted molar refractivity (Wildman–Crippen MR) is 102 cm³/mol. The molecule has 0 amide bonds. The van der Waals surface area contributed by atoms with Gasteiger partial charge in [0.1, 0.15) is 12.1 Å². The summed E-state index contributed by atoms with van der Waals surface area (Å²) >= 11 is 7.52. The van der Waals surface area contributed by atoms with Gasteiger partial charge >= 0.3 is 0 Å². The van der Waals surface area contributed by atoms with Crippen LogP contribution in [0.15, 0.2) is 64.5 Å². The summed E-state index contributed by atoms with van der Waals surface area (Å²) in [4.78, 5) is 4.43. The Bertz CT molecular complexity index is 1050. The van der Waals surface area contributed by atoms with Crippen molar-refractivity contribution in [3.8, 4) is 22.8 Å². The Morgan fingerprint density at radius 3 is 2.81 bits per heavy atom. The maximum Gasteiger partial charge on any atom is 0.237 e. The number of methoxy groups -OCH3 is 1. The van der Waals surface area contributed by atoms with Crippen molar-refractivity contribution in [3.05, 3.63) is 65.8 Å². The summed E-state index contributed by atoms with van der Waals surface area (Å²) in [5, 5.41) is 13.5. The van der Waals surface area contributed by atoms with Crippen LogP contribution in [0.4, 0.5) is 0 Å². The van der Waals surface area contributed by atoms with E-state index in [0.29, 0.717) is 27.6 Å². The van der Waals surface area contributed by atoms with E-state index in [0.717, 1.165) is 17.0 Å². The van der Waals surface area contributed by atoms with Gasteiger partial charge < -0.3 is 9.26 Å². The average Bonchev–Trinajstić information content (AvgIpc) is 3.36. The topological polar surface area (TPSA) is 78.9 Å². The van der Waals surface area contributed by atoms with E-state index in [1.807, 2.05) is 53.1 Å². The van der Waals surface area contributed by atoms with Crippen LogP contribution >= 0.6 is 23.4 Å². The van der Waals surface area contributed by atoms with Crippen LogP contribution in [-0.2, 0) is 5.75 Å². The first-order valence-corrected chi connectivity index (χ1v) is 9.35. The van der Waals surface area contributed by atoms with Crippen LogP contribution in [0.1, 0.15) is 5.89 Å². The largest absolute Gasteiger partial charge is 0.497 e. The molecule has 4 aromatic rings. The lowest BCUT2D eigenvalue weighted by Crippen LogP contribution is -1.95. The highest BCUT2D eigenvalue weighted by Gasteiger charge is 2.13. The van der Waals surface area contributed by atoms with Crippen molar-refractivity contribution in [2.45, 2.75) is 10.9 Å². The zero-order valence-electron chi connectivity index (χ0n) is 14.2. The van der Waals surface area contributed by atoms with E-state index in [2.05, 4.69) is 20.3 Å². The summed E-state index contributed by atoms with van der Waals surface area (Å²) in [6.07, 6.45) is 1.64. The summed E-state index contributed by atoms with van der Waals surface area (Å²) in [6, 6.07) is 15.0. The molecule has 0 saturated heterocycles. The third-order valence-electron chi connectivity index (χ3n) is 3.74. The summed E-state index contributed by atoms with van der Waals surface area (Å²) in [5.41, 5.74) is 1.75. The van der Waals surface area contributed by atoms with Crippen LogP contribution in [-0.4, -0.2) is 32.0 Å². The molecular weight excluding hydrogens is 386 g/mol. The van der Waals surface area contributed by atoms with Gasteiger partial charge in [-0.3, -0.25) is 4.57 Å². The first-order chi connectivity index (χ1) is 13.2. The van der Waals surface area contributed by atoms with Crippen LogP contribution in [0, 0.1) is 0 Å². The van der Waals surface area contributed by atoms with Crippen molar-refractivity contribution >= 4 is 23.4 Å². The molecule has 0 radical (unpaired) electrons. The maximum absolute atomic E-state index is 6.06. The number of ether oxygens (including phenoxy) is 1. The van der Waals surface area contributed by atoms with Gasteiger partial charge in [-0.25, -0.2) is 0 Å². The second-order valence-electron chi connectivity index (χ2n) is 5.49. The third-order valence-corrected chi connectivity index (χ3v) is 4.91. The molecule has 0 atom stereocenters. The van der Waals surface area contributed by atoms with Gasteiger partial charge in [-0.05, 0) is 42.5 Å². The fourth-order valence-electron chi connectivity index (χ4n) is 2.42. The Hall–Kier alpha value is -2.84. The minimum atomic E-state index is 0.475. The van der Waals surface area contributed by atoms with Crippen molar-refractivity contribution in [2.24, 2.45) is 0 Å². The summed E-state index contributed by atoms with van der Waals surface area (Å²) < 4.78 is 12.4. The Morgan fingerprint density at radius 1 is 1.19 bits per heavy atom. The molecule has 9 heteroatoms. The second kappa shape index (κ2) is 7.81. The molecule has 2 heterocycles. The molecule has 2 aromatic heterocycles. The van der Waals surface area contributed by atoms with Crippen LogP contribution in [0.5, 0.6) is 5.75 Å². The van der Waals surface area contributed by atoms with Crippen LogP contribution < -0.4 is 4.74 Å². The fraction of sp³-hybridized carbons (Fsp3) is 0.111. The van der Waals surface area contributed by atoms with Crippen LogP contribution in [0.2, 0.25) is 5.02 Å². The second-order valence-corrected chi connectivity index (χ2v) is 6.87. The zero-order chi connectivity index (χ0) is 18.6. The van der Waals surface area contributed by atoms with Gasteiger partial charge in [0.05, 0.1) is 18.6 Å². The quantitative estimate of drug-likeness (QED) is 0.448. The van der Waals surface area contributed by atoms with E-state index in [9.17, 15) is 0 Å². The normalized spacial score (nSPS) is 10.9. The highest BCUT2D eigenvalue weighted by Crippen LogP contribution is 2.25. The van der Waals surface area contributed by atoms with Gasteiger partial charge in [0.25, 0.3) is 0 Å². The highest BCUT2D eigenvalue weighted by atomic mass is 35.5. The molecule has 136 valence electrons. The predicted octanol–water partition coefficient (Wildman–Crippen LogP) is 4.27. The Kier molecular flexibility index (Phi) is 5.08. The van der Waals surface area contributed by atoms with E-state index in [1.54, 1.807) is 13.4 Å². The lowest BCUT2D eigenvalue weighted by atomic mass is 10.2. The van der Waals surface area contributed by atoms with E-state index >= 15 is 0 Å². The smallest absolute Gasteiger partial charge is 0.237 e. The van der Waals surface area contributed by atoms with Gasteiger partial charge in [-0.15, -0.1) is 10.2 Å². The van der Waals surface area contributed by atoms with Crippen molar-refractivity contribution in [2.75, 3.05) is 7.11 Å². The highest BCUT2D eigenvalue weighted by molar-refractivity contribution is 7.98. The first-order valence-electron chi connectivity index (χ1n) is 7.99. The van der Waals surface area contributed by atoms with Gasteiger partial charge in [-0.2, -0.15) is 4.98 Å². The van der Waals surface area contributed by atoms with Gasteiger partial charge in [0.2, 0.25) is 11.7 Å². The molecule has 0 aliphatic rings. The SMILES string of the molecule is COc1ccc(-c2noc(CSc3nncn3-c3cccc(Cl)c3)n2)cc1. The molecule has 0 N–H and O–H groups in total. The minimum absolute atomic E-state index is 0.475. The standard InChI is InChI=1S/C18H14ClN5O2S/c1-25-15-7-5-12(6-8-15)17-21-16(26-23-17)10-27-18-22-20-11-24(18)14-4-2-3-13(19)9-14/h2-9,11H,10H2,1H3. The van der Waals surface area contributed by atoms with E-state index in [-0.39, 0.29) is 0 Å². The average molecular weight is 400 g/mol. The maximum atomic E-state index is 6.06. The molecule has 0 saturated carbocycles. The number of nitrogens with zero attached hydrogens (tertiary/aromatic N) is 5. The molecule has 0 unspecified atom stereocenters. The van der Waals surface area contributed by atoms with Gasteiger partial charge in [-0.1, -0.05) is 34.6 Å². The summed E-state index contributed by atoms with van der Waals surface area (Å²) in [7, 11) is 1.63. The lowest BCUT2D eigenvalue weighted by Gasteiger charge is -2.05. The molecule has 4 rings (SSSR count). The van der Waals surface area contributed by atoms with E-state index < -0.39 is 0 Å². The number of hydrogen-bond donors (Lipinski definition) is 0. The lowest BCUT2D eigenvalue weighted by molar-refractivity contribution is 0.391. The van der Waals surface area contributed by atoms with Crippen molar-refractivity contribution in [1.82, 2.24) is 24.9 Å². The molecule has 0 aliphatic carbocycles. The number of hydrogen-bond acceptors (Lipinski definition) is 7. The third kappa shape index (κ3) is 3.96. The molecule has 0 aliphatic heterocycles. The molecule has 7 nitrogen and oxygen atoms in total. The molecule has 0 fully saturated rings. The van der Waals surface area contributed by atoms with Crippen molar-refractivity contribution < 1.29 is 9.26 Å². The van der Waals surface area contributed by atoms with Crippen molar-refractivity contribution in [3.63, 3.8) is 0 Å². The Morgan fingerprint density at radius 2 is 2.04 bits per heavy atom. The molecule has 0 spiro atoms. The fourth-order valence-corrected chi connectivity index (χ4v) is 3.37. The minimum Gasteiger partial charge on any atom is -0.497 e. The van der Waals surface area contributed by atoms with Gasteiger partial charge in [0, 0.05) is 10.6 Å². The number of rotatable bonds is 6. The van der Waals surface area contributed by atoms with Crippen LogP contribution in [0.3, 0.4) is 0 Å². The molecule has 27 heavy (non-hydrogen) atoms. The number of thioether (sulfide) groups is 1. The monoisotopic (exact) mass is 399 g/mol. The van der Waals surface area contributed by atoms with Gasteiger partial charge in [0.15, 0.2) is 5.16 Å². The van der Waals surface area contributed by atoms with Crippen molar-refractivity contribution in [1.29, 1.82) is 0 Å². The Labute approximate surface area is 164 Å². The molecular formula is C18H14ClN5O2S. The number of aromatic nitrogens is 5. The van der Waals surface area contributed by atoms with E-state index in [4.69, 9.17) is 20.9 Å².